The van der Waals surface area contributed by atoms with Crippen LogP contribution in [-0.2, 0) is 11.3 Å². The molecule has 6 nitrogen and oxygen atoms in total. The van der Waals surface area contributed by atoms with Gasteiger partial charge >= 0.3 is 5.97 Å². The van der Waals surface area contributed by atoms with Crippen molar-refractivity contribution in [3.05, 3.63) is 34.6 Å². The lowest BCUT2D eigenvalue weighted by molar-refractivity contribution is -0.133. The van der Waals surface area contributed by atoms with Gasteiger partial charge in [0.05, 0.1) is 22.7 Å². The molecule has 96 valence electrons. The molecular formula is C12H9N3O3S. The Balaban J connectivity index is 2.60. The summed E-state index contributed by atoms with van der Waals surface area (Å²) in [5.74, 6) is -1.22. The van der Waals surface area contributed by atoms with Gasteiger partial charge in [-0.1, -0.05) is 23.9 Å². The van der Waals surface area contributed by atoms with Gasteiger partial charge < -0.3 is 5.11 Å². The van der Waals surface area contributed by atoms with Crippen molar-refractivity contribution in [2.75, 3.05) is 5.75 Å². The fraction of sp³-hybridized carbons (Fsp3) is 0.167. The maximum Gasteiger partial charge on any atom is 0.313 e. The number of para-hydroxylation sites is 1. The van der Waals surface area contributed by atoms with Crippen LogP contribution in [0, 0.1) is 11.3 Å². The second-order valence-corrected chi connectivity index (χ2v) is 4.59. The molecule has 19 heavy (non-hydrogen) atoms. The fourth-order valence-corrected chi connectivity index (χ4v) is 2.31. The lowest BCUT2D eigenvalue weighted by Crippen LogP contribution is -2.23. The predicted octanol–water partition coefficient (Wildman–Crippen LogP) is 1.10. The van der Waals surface area contributed by atoms with Crippen molar-refractivity contribution in [3.63, 3.8) is 0 Å². The van der Waals surface area contributed by atoms with Crippen LogP contribution in [0.4, 0.5) is 0 Å². The molecule has 0 saturated carbocycles. The number of aliphatic carboxylic acids is 1. The number of carbonyl (C=O) groups is 1. The average molecular weight is 275 g/mol. The molecule has 0 unspecified atom stereocenters. The minimum atomic E-state index is -1.00. The summed E-state index contributed by atoms with van der Waals surface area (Å²) in [6.45, 7) is -0.154. The third kappa shape index (κ3) is 2.74. The summed E-state index contributed by atoms with van der Waals surface area (Å²) in [5, 5.41) is 18.1. The van der Waals surface area contributed by atoms with E-state index in [4.69, 9.17) is 10.4 Å². The minimum Gasteiger partial charge on any atom is -0.481 e. The standard InChI is InChI=1S/C12H9N3O3S/c13-5-6-15-11(18)8-3-1-2-4-9(8)14-12(15)19-7-10(16)17/h1-4H,6-7H2,(H,16,17). The van der Waals surface area contributed by atoms with Crippen molar-refractivity contribution in [1.82, 2.24) is 9.55 Å². The molecule has 0 aliphatic carbocycles. The molecule has 1 heterocycles. The van der Waals surface area contributed by atoms with Gasteiger partial charge in [0, 0.05) is 0 Å². The van der Waals surface area contributed by atoms with E-state index < -0.39 is 5.97 Å². The number of hydrogen-bond acceptors (Lipinski definition) is 5. The van der Waals surface area contributed by atoms with Gasteiger partial charge in [-0.3, -0.25) is 14.2 Å². The summed E-state index contributed by atoms with van der Waals surface area (Å²) >= 11 is 0.925. The monoisotopic (exact) mass is 275 g/mol. The highest BCUT2D eigenvalue weighted by Crippen LogP contribution is 2.17. The molecule has 0 atom stereocenters. The van der Waals surface area contributed by atoms with Crippen LogP contribution in [0.25, 0.3) is 10.9 Å². The molecule has 7 heteroatoms. The summed E-state index contributed by atoms with van der Waals surface area (Å²) in [6, 6.07) is 8.65. The third-order valence-corrected chi connectivity index (χ3v) is 3.34. The van der Waals surface area contributed by atoms with E-state index in [0.717, 1.165) is 11.8 Å². The zero-order chi connectivity index (χ0) is 13.8. The Morgan fingerprint density at radius 2 is 2.21 bits per heavy atom. The molecule has 0 saturated heterocycles. The van der Waals surface area contributed by atoms with E-state index in [-0.39, 0.29) is 23.0 Å². The van der Waals surface area contributed by atoms with E-state index in [1.165, 1.54) is 4.57 Å². The van der Waals surface area contributed by atoms with Crippen LogP contribution in [0.2, 0.25) is 0 Å². The van der Waals surface area contributed by atoms with Gasteiger partial charge in [-0.25, -0.2) is 4.98 Å². The number of benzene rings is 1. The van der Waals surface area contributed by atoms with E-state index in [2.05, 4.69) is 4.98 Å². The zero-order valence-electron chi connectivity index (χ0n) is 9.74. The smallest absolute Gasteiger partial charge is 0.313 e. The van der Waals surface area contributed by atoms with Gasteiger partial charge in [0.15, 0.2) is 5.16 Å². The van der Waals surface area contributed by atoms with E-state index in [9.17, 15) is 9.59 Å². The Kier molecular flexibility index (Phi) is 3.82. The van der Waals surface area contributed by atoms with Crippen LogP contribution in [-0.4, -0.2) is 26.4 Å². The molecule has 1 aromatic heterocycles. The molecule has 0 aliphatic heterocycles. The summed E-state index contributed by atoms with van der Waals surface area (Å²) in [6.07, 6.45) is 0. The fourth-order valence-electron chi connectivity index (χ4n) is 1.59. The first-order valence-corrected chi connectivity index (χ1v) is 6.33. The van der Waals surface area contributed by atoms with Crippen molar-refractivity contribution in [3.8, 4) is 6.07 Å². The van der Waals surface area contributed by atoms with Crippen molar-refractivity contribution >= 4 is 28.6 Å². The molecule has 0 aliphatic rings. The Labute approximate surface area is 112 Å². The summed E-state index contributed by atoms with van der Waals surface area (Å²) in [5.41, 5.74) is 0.162. The molecule has 2 aromatic rings. The topological polar surface area (TPSA) is 96.0 Å². The van der Waals surface area contributed by atoms with E-state index >= 15 is 0 Å². The van der Waals surface area contributed by atoms with Crippen LogP contribution in [0.15, 0.2) is 34.2 Å². The van der Waals surface area contributed by atoms with Crippen LogP contribution >= 0.6 is 11.8 Å². The van der Waals surface area contributed by atoms with Crippen molar-refractivity contribution in [1.29, 1.82) is 5.26 Å². The van der Waals surface area contributed by atoms with Gasteiger partial charge in [-0.2, -0.15) is 5.26 Å². The molecule has 1 N–H and O–H groups in total. The molecule has 0 radical (unpaired) electrons. The maximum absolute atomic E-state index is 12.2. The number of hydrogen-bond donors (Lipinski definition) is 1. The number of aromatic nitrogens is 2. The van der Waals surface area contributed by atoms with Crippen molar-refractivity contribution in [2.45, 2.75) is 11.7 Å². The average Bonchev–Trinajstić information content (AvgIpc) is 2.40. The lowest BCUT2D eigenvalue weighted by Gasteiger charge is -2.08. The minimum absolute atomic E-state index is 0.154. The Hall–Kier alpha value is -2.33. The first-order valence-electron chi connectivity index (χ1n) is 5.34. The SMILES string of the molecule is N#CCn1c(SCC(=O)O)nc2ccccc2c1=O. The van der Waals surface area contributed by atoms with Crippen LogP contribution in [0.5, 0.6) is 0 Å². The van der Waals surface area contributed by atoms with Crippen LogP contribution < -0.4 is 5.56 Å². The third-order valence-electron chi connectivity index (χ3n) is 2.38. The number of carboxylic acid groups (broad SMARTS) is 1. The number of carboxylic acids is 1. The molecule has 0 fully saturated rings. The van der Waals surface area contributed by atoms with Gasteiger partial charge in [-0.15, -0.1) is 0 Å². The van der Waals surface area contributed by atoms with Crippen LogP contribution in [0.3, 0.4) is 0 Å². The molecule has 1 aromatic carbocycles. The number of thioether (sulfide) groups is 1. The van der Waals surface area contributed by atoms with Gasteiger partial charge in [0.1, 0.15) is 6.54 Å². The van der Waals surface area contributed by atoms with E-state index in [0.29, 0.717) is 10.9 Å². The maximum atomic E-state index is 12.2. The Bertz CT molecular complexity index is 733. The molecule has 0 spiro atoms. The molecular weight excluding hydrogens is 266 g/mol. The Morgan fingerprint density at radius 3 is 2.89 bits per heavy atom. The van der Waals surface area contributed by atoms with Gasteiger partial charge in [0.25, 0.3) is 5.56 Å². The number of fused-ring (bicyclic) bond motifs is 1. The molecule has 0 amide bonds. The quantitative estimate of drug-likeness (QED) is 0.663. The Morgan fingerprint density at radius 1 is 1.47 bits per heavy atom. The van der Waals surface area contributed by atoms with Crippen molar-refractivity contribution in [2.24, 2.45) is 0 Å². The highest BCUT2D eigenvalue weighted by Gasteiger charge is 2.12. The van der Waals surface area contributed by atoms with Crippen molar-refractivity contribution < 1.29 is 9.90 Å². The van der Waals surface area contributed by atoms with Crippen LogP contribution in [0.1, 0.15) is 0 Å². The number of nitrogens with zero attached hydrogens (tertiary/aromatic N) is 3. The highest BCUT2D eigenvalue weighted by molar-refractivity contribution is 7.99. The number of rotatable bonds is 4. The predicted molar refractivity (Wildman–Crippen MR) is 70.0 cm³/mol. The summed E-state index contributed by atoms with van der Waals surface area (Å²) in [4.78, 5) is 27.0. The second-order valence-electron chi connectivity index (χ2n) is 3.64. The first-order chi connectivity index (χ1) is 9.13. The largest absolute Gasteiger partial charge is 0.481 e. The summed E-state index contributed by atoms with van der Waals surface area (Å²) < 4.78 is 1.19. The lowest BCUT2D eigenvalue weighted by atomic mass is 10.2. The first kappa shape index (κ1) is 13.1. The van der Waals surface area contributed by atoms with Gasteiger partial charge in [-0.05, 0) is 12.1 Å². The molecule has 0 bridgehead atoms. The van der Waals surface area contributed by atoms with Gasteiger partial charge in [0.2, 0.25) is 0 Å². The highest BCUT2D eigenvalue weighted by atomic mass is 32.2. The normalized spacial score (nSPS) is 10.3. The van der Waals surface area contributed by atoms with E-state index in [1.807, 2.05) is 6.07 Å². The summed E-state index contributed by atoms with van der Waals surface area (Å²) in [7, 11) is 0. The molecule has 2 rings (SSSR count). The zero-order valence-corrected chi connectivity index (χ0v) is 10.6. The second kappa shape index (κ2) is 5.54. The van der Waals surface area contributed by atoms with E-state index in [1.54, 1.807) is 24.3 Å². The number of nitriles is 1.